The average Bonchev–Trinajstić information content (AvgIpc) is 2.84. The zero-order chi connectivity index (χ0) is 20.6. The van der Waals surface area contributed by atoms with Crippen molar-refractivity contribution in [3.63, 3.8) is 0 Å². The van der Waals surface area contributed by atoms with Crippen LogP contribution in [0.4, 0.5) is 0 Å². The van der Waals surface area contributed by atoms with Crippen molar-refractivity contribution in [1.82, 2.24) is 0 Å². The van der Waals surface area contributed by atoms with Crippen molar-refractivity contribution < 1.29 is 0 Å². The summed E-state index contributed by atoms with van der Waals surface area (Å²) in [5, 5.41) is 22.0. The van der Waals surface area contributed by atoms with Gasteiger partial charge in [-0.1, -0.05) is 78.9 Å². The van der Waals surface area contributed by atoms with Gasteiger partial charge in [0.2, 0.25) is 0 Å². The lowest BCUT2D eigenvalue weighted by Gasteiger charge is -2.22. The van der Waals surface area contributed by atoms with Crippen LogP contribution in [0.15, 0.2) is 97.1 Å². The molecular formula is C32H16. The molecule has 32 heavy (non-hydrogen) atoms. The van der Waals surface area contributed by atoms with Gasteiger partial charge in [-0.05, 0) is 104 Å². The molecule has 0 atom stereocenters. The summed E-state index contributed by atoms with van der Waals surface area (Å²) in [6, 6.07) is 36.7. The minimum Gasteiger partial charge on any atom is -0.0616 e. The van der Waals surface area contributed by atoms with Gasteiger partial charge in [-0.25, -0.2) is 0 Å². The first-order chi connectivity index (χ1) is 15.9. The van der Waals surface area contributed by atoms with Crippen molar-refractivity contribution in [2.24, 2.45) is 0 Å². The predicted octanol–water partition coefficient (Wildman–Crippen LogP) is 9.23. The lowest BCUT2D eigenvalue weighted by molar-refractivity contribution is 1.80. The molecule has 0 nitrogen and oxygen atoms in total. The summed E-state index contributed by atoms with van der Waals surface area (Å²) >= 11 is 0. The fraction of sp³-hybridized carbons (Fsp3) is 0. The third-order valence-corrected chi connectivity index (χ3v) is 7.80. The molecule has 0 amide bonds. The van der Waals surface area contributed by atoms with Crippen molar-refractivity contribution in [3.05, 3.63) is 97.1 Å². The Balaban J connectivity index is 1.82. The van der Waals surface area contributed by atoms with E-state index < -0.39 is 0 Å². The quantitative estimate of drug-likeness (QED) is 0.176. The van der Waals surface area contributed by atoms with Gasteiger partial charge >= 0.3 is 0 Å². The number of hydrogen-bond donors (Lipinski definition) is 0. The van der Waals surface area contributed by atoms with E-state index in [9.17, 15) is 0 Å². The van der Waals surface area contributed by atoms with Crippen LogP contribution in [0.2, 0.25) is 0 Å². The third kappa shape index (κ3) is 1.60. The molecule has 0 heterocycles. The summed E-state index contributed by atoms with van der Waals surface area (Å²) in [4.78, 5) is 0. The summed E-state index contributed by atoms with van der Waals surface area (Å²) in [5.41, 5.74) is 0. The standard InChI is InChI=1S/C32H16/c1-2-7-24-19(4-1)14-21-12-9-18-10-13-23-15-22-11-8-17-5-3-6-20-16-25-31(24)29(21)27(18)30(23)32(25)28(22)26(17)20/h1-16H. The second-order valence-electron chi connectivity index (χ2n) is 9.32. The summed E-state index contributed by atoms with van der Waals surface area (Å²) in [5.74, 6) is 0. The van der Waals surface area contributed by atoms with Gasteiger partial charge < -0.3 is 0 Å². The van der Waals surface area contributed by atoms with E-state index in [4.69, 9.17) is 0 Å². The molecule has 0 aliphatic carbocycles. The van der Waals surface area contributed by atoms with E-state index in [2.05, 4.69) is 97.1 Å². The van der Waals surface area contributed by atoms with Crippen LogP contribution in [0, 0.1) is 0 Å². The van der Waals surface area contributed by atoms with Crippen molar-refractivity contribution in [3.8, 4) is 0 Å². The SMILES string of the molecule is c1ccc2c(c1)cc1ccc3ccc4cc5ccc6cccc7cc8c2c1c3c4c8c5c67. The highest BCUT2D eigenvalue weighted by atomic mass is 14.2. The second-order valence-corrected chi connectivity index (χ2v) is 9.32. The Bertz CT molecular complexity index is 2170. The Labute approximate surface area is 183 Å². The predicted molar refractivity (Wildman–Crippen MR) is 140 cm³/mol. The van der Waals surface area contributed by atoms with Crippen LogP contribution in [0.1, 0.15) is 0 Å². The van der Waals surface area contributed by atoms with Crippen molar-refractivity contribution in [2.75, 3.05) is 0 Å². The van der Waals surface area contributed by atoms with E-state index >= 15 is 0 Å². The molecular weight excluding hydrogens is 384 g/mol. The molecule has 144 valence electrons. The number of hydrogen-bond acceptors (Lipinski definition) is 0. The molecule has 0 fully saturated rings. The van der Waals surface area contributed by atoms with E-state index in [0.29, 0.717) is 0 Å². The van der Waals surface area contributed by atoms with Gasteiger partial charge in [0, 0.05) is 0 Å². The second kappa shape index (κ2) is 5.00. The van der Waals surface area contributed by atoms with Crippen LogP contribution in [-0.4, -0.2) is 0 Å². The summed E-state index contributed by atoms with van der Waals surface area (Å²) in [7, 11) is 0. The van der Waals surface area contributed by atoms with E-state index in [1.54, 1.807) is 0 Å². The fourth-order valence-electron chi connectivity index (χ4n) is 6.58. The molecule has 0 aliphatic heterocycles. The highest BCUT2D eigenvalue weighted by molar-refractivity contribution is 6.47. The van der Waals surface area contributed by atoms with Gasteiger partial charge in [0.15, 0.2) is 0 Å². The maximum atomic E-state index is 2.46. The molecule has 0 saturated heterocycles. The maximum Gasteiger partial charge on any atom is -0.000719 e. The first-order valence-corrected chi connectivity index (χ1v) is 11.3. The van der Waals surface area contributed by atoms with Crippen LogP contribution in [0.25, 0.3) is 86.2 Å². The normalized spacial score (nSPS) is 13.0. The molecule has 0 heteroatoms. The zero-order valence-corrected chi connectivity index (χ0v) is 17.2. The zero-order valence-electron chi connectivity index (χ0n) is 17.2. The number of rotatable bonds is 0. The Kier molecular flexibility index (Phi) is 2.44. The summed E-state index contributed by atoms with van der Waals surface area (Å²) in [6.07, 6.45) is 0. The molecule has 0 bridgehead atoms. The van der Waals surface area contributed by atoms with Crippen LogP contribution >= 0.6 is 0 Å². The van der Waals surface area contributed by atoms with Gasteiger partial charge in [0.1, 0.15) is 0 Å². The highest BCUT2D eigenvalue weighted by Gasteiger charge is 2.21. The first kappa shape index (κ1) is 15.6. The van der Waals surface area contributed by atoms with E-state index in [-0.39, 0.29) is 0 Å². The average molecular weight is 400 g/mol. The Morgan fingerprint density at radius 3 is 1.56 bits per heavy atom. The molecule has 0 spiro atoms. The largest absolute Gasteiger partial charge is 0.0616 e. The monoisotopic (exact) mass is 400 g/mol. The molecule has 9 aromatic rings. The topological polar surface area (TPSA) is 0 Å². The van der Waals surface area contributed by atoms with Crippen LogP contribution in [-0.2, 0) is 0 Å². The smallest absolute Gasteiger partial charge is 0.000719 e. The fourth-order valence-corrected chi connectivity index (χ4v) is 6.58. The molecule has 0 unspecified atom stereocenters. The molecule has 9 rings (SSSR count). The minimum atomic E-state index is 1.31. The van der Waals surface area contributed by atoms with Crippen molar-refractivity contribution in [1.29, 1.82) is 0 Å². The minimum absolute atomic E-state index is 1.31. The molecule has 0 N–H and O–H groups in total. The maximum absolute atomic E-state index is 2.46. The van der Waals surface area contributed by atoms with Gasteiger partial charge in [-0.15, -0.1) is 0 Å². The van der Waals surface area contributed by atoms with Gasteiger partial charge in [0.25, 0.3) is 0 Å². The van der Waals surface area contributed by atoms with Crippen molar-refractivity contribution in [2.45, 2.75) is 0 Å². The van der Waals surface area contributed by atoms with E-state index in [1.807, 2.05) is 0 Å². The van der Waals surface area contributed by atoms with Crippen LogP contribution < -0.4 is 0 Å². The summed E-state index contributed by atoms with van der Waals surface area (Å²) < 4.78 is 0. The lowest BCUT2D eigenvalue weighted by Crippen LogP contribution is -1.93. The lowest BCUT2D eigenvalue weighted by atomic mass is 9.81. The Hall–Kier alpha value is -4.16. The van der Waals surface area contributed by atoms with Gasteiger partial charge in [-0.3, -0.25) is 0 Å². The van der Waals surface area contributed by atoms with Crippen molar-refractivity contribution >= 4 is 86.2 Å². The van der Waals surface area contributed by atoms with Crippen LogP contribution in [0.3, 0.4) is 0 Å². The molecule has 0 aliphatic rings. The Morgan fingerprint density at radius 1 is 0.250 bits per heavy atom. The molecule has 0 aromatic heterocycles. The van der Waals surface area contributed by atoms with Crippen LogP contribution in [0.5, 0.6) is 0 Å². The third-order valence-electron chi connectivity index (χ3n) is 7.80. The van der Waals surface area contributed by atoms with Gasteiger partial charge in [0.05, 0.1) is 0 Å². The van der Waals surface area contributed by atoms with E-state index in [0.717, 1.165) is 0 Å². The number of benzene rings is 9. The first-order valence-electron chi connectivity index (χ1n) is 11.3. The van der Waals surface area contributed by atoms with E-state index in [1.165, 1.54) is 86.2 Å². The van der Waals surface area contributed by atoms with Gasteiger partial charge in [-0.2, -0.15) is 0 Å². The Morgan fingerprint density at radius 2 is 0.750 bits per heavy atom. The summed E-state index contributed by atoms with van der Waals surface area (Å²) in [6.45, 7) is 0. The molecule has 0 saturated carbocycles. The number of fused-ring (bicyclic) bond motifs is 3. The molecule has 9 aromatic carbocycles. The highest BCUT2D eigenvalue weighted by Crippen LogP contribution is 2.50. The molecule has 0 radical (unpaired) electrons.